The molecule has 2 atom stereocenters. The average molecular weight is 445 g/mol. The van der Waals surface area contributed by atoms with E-state index in [0.717, 1.165) is 19.4 Å². The molecule has 3 rings (SSSR count). The monoisotopic (exact) mass is 444 g/mol. The van der Waals surface area contributed by atoms with Crippen LogP contribution in [0.15, 0.2) is 48.5 Å². The summed E-state index contributed by atoms with van der Waals surface area (Å²) in [4.78, 5) is 0. The van der Waals surface area contributed by atoms with Crippen molar-refractivity contribution in [2.24, 2.45) is 0 Å². The van der Waals surface area contributed by atoms with Crippen molar-refractivity contribution in [1.82, 2.24) is 10.6 Å². The zero-order valence-electron chi connectivity index (χ0n) is 17.0. The fourth-order valence-electron chi connectivity index (χ4n) is 3.62. The third kappa shape index (κ3) is 7.07. The molecule has 1 heterocycles. The van der Waals surface area contributed by atoms with Gasteiger partial charge in [0.2, 0.25) is 0 Å². The number of alkyl halides is 3. The molecule has 0 unspecified atom stereocenters. The maximum atomic E-state index is 12.6. The molecule has 1 saturated heterocycles. The summed E-state index contributed by atoms with van der Waals surface area (Å²) >= 11 is 0. The molecule has 0 spiro atoms. The molecule has 1 fully saturated rings. The molecule has 2 aromatic rings. The van der Waals surface area contributed by atoms with E-state index in [1.807, 2.05) is 32.0 Å². The third-order valence-electron chi connectivity index (χ3n) is 4.80. The molecule has 0 amide bonds. The molecule has 1 aliphatic rings. The van der Waals surface area contributed by atoms with Gasteiger partial charge in [0.15, 0.2) is 0 Å². The van der Waals surface area contributed by atoms with E-state index in [1.165, 1.54) is 23.8 Å². The first kappa shape index (κ1) is 24.3. The van der Waals surface area contributed by atoms with Crippen LogP contribution in [0.4, 0.5) is 13.2 Å². The Morgan fingerprint density at radius 1 is 1.13 bits per heavy atom. The highest BCUT2D eigenvalue weighted by atomic mass is 35.5. The Bertz CT molecular complexity index is 788. The van der Waals surface area contributed by atoms with E-state index in [4.69, 9.17) is 4.74 Å². The summed E-state index contributed by atoms with van der Waals surface area (Å²) in [5, 5.41) is 7.05. The number of hydrogen-bond acceptors (Lipinski definition) is 4. The fraction of sp³-hybridized carbons (Fsp3) is 0.455. The minimum atomic E-state index is -4.73. The van der Waals surface area contributed by atoms with Gasteiger partial charge in [-0.05, 0) is 57.0 Å². The summed E-state index contributed by atoms with van der Waals surface area (Å²) < 4.78 is 47.7. The molecule has 30 heavy (non-hydrogen) atoms. The van der Waals surface area contributed by atoms with Crippen molar-refractivity contribution in [1.29, 1.82) is 0 Å². The predicted molar refractivity (Wildman–Crippen MR) is 113 cm³/mol. The van der Waals surface area contributed by atoms with E-state index in [1.54, 1.807) is 0 Å². The lowest BCUT2D eigenvalue weighted by Crippen LogP contribution is -2.45. The maximum absolute atomic E-state index is 12.6. The second-order valence-corrected chi connectivity index (χ2v) is 7.46. The van der Waals surface area contributed by atoms with Gasteiger partial charge in [0.05, 0.1) is 6.10 Å². The number of ether oxygens (including phenoxy) is 2. The summed E-state index contributed by atoms with van der Waals surface area (Å²) in [5.41, 5.74) is 1.83. The van der Waals surface area contributed by atoms with Crippen molar-refractivity contribution in [2.75, 3.05) is 6.54 Å². The molecule has 0 aliphatic carbocycles. The summed E-state index contributed by atoms with van der Waals surface area (Å²) in [6, 6.07) is 14.7. The Hall–Kier alpha value is -1.96. The van der Waals surface area contributed by atoms with E-state index >= 15 is 0 Å². The van der Waals surface area contributed by atoms with E-state index in [9.17, 15) is 13.2 Å². The van der Waals surface area contributed by atoms with Crippen LogP contribution in [0.2, 0.25) is 0 Å². The maximum Gasteiger partial charge on any atom is 0.573 e. The van der Waals surface area contributed by atoms with Crippen molar-refractivity contribution in [3.63, 3.8) is 0 Å². The van der Waals surface area contributed by atoms with Gasteiger partial charge >= 0.3 is 6.36 Å². The SMILES string of the molecule is CC(C)Oc1ccc(OC(F)(F)F)cc1CN[C@H]1CCCN[C@H]1c1ccccc1.Cl. The third-order valence-corrected chi connectivity index (χ3v) is 4.80. The van der Waals surface area contributed by atoms with Crippen LogP contribution >= 0.6 is 12.4 Å². The topological polar surface area (TPSA) is 42.5 Å². The number of benzene rings is 2. The second kappa shape index (κ2) is 10.9. The summed E-state index contributed by atoms with van der Waals surface area (Å²) in [5.74, 6) is 0.314. The zero-order chi connectivity index (χ0) is 20.9. The van der Waals surface area contributed by atoms with Crippen molar-refractivity contribution < 1.29 is 22.6 Å². The quantitative estimate of drug-likeness (QED) is 0.602. The number of halogens is 4. The first-order valence-electron chi connectivity index (χ1n) is 9.89. The van der Waals surface area contributed by atoms with Gasteiger partial charge in [0, 0.05) is 24.2 Å². The highest BCUT2D eigenvalue weighted by molar-refractivity contribution is 5.85. The lowest BCUT2D eigenvalue weighted by Gasteiger charge is -2.34. The van der Waals surface area contributed by atoms with Gasteiger partial charge in [-0.15, -0.1) is 25.6 Å². The standard InChI is InChI=1S/C22H27F3N2O2.ClH/c1-15(2)28-20-11-10-18(29-22(23,24)25)13-17(20)14-27-19-9-6-12-26-21(19)16-7-4-3-5-8-16;/h3-5,7-8,10-11,13,15,19,21,26-27H,6,9,12,14H2,1-2H3;1H/t19-,21-;/m0./s1. The van der Waals surface area contributed by atoms with Gasteiger partial charge in [-0.2, -0.15) is 0 Å². The molecule has 0 radical (unpaired) electrons. The Balaban J connectivity index is 0.00000320. The van der Waals surface area contributed by atoms with Crippen LogP contribution in [-0.2, 0) is 6.54 Å². The van der Waals surface area contributed by atoms with E-state index in [-0.39, 0.29) is 36.3 Å². The Morgan fingerprint density at radius 3 is 2.53 bits per heavy atom. The first-order chi connectivity index (χ1) is 13.8. The van der Waals surface area contributed by atoms with Crippen LogP contribution in [0.5, 0.6) is 11.5 Å². The smallest absolute Gasteiger partial charge is 0.491 e. The summed E-state index contributed by atoms with van der Waals surface area (Å²) in [7, 11) is 0. The predicted octanol–water partition coefficient (Wildman–Crippen LogP) is 5.38. The lowest BCUT2D eigenvalue weighted by atomic mass is 9.92. The zero-order valence-corrected chi connectivity index (χ0v) is 17.9. The van der Waals surface area contributed by atoms with Crippen molar-refractivity contribution in [2.45, 2.75) is 57.8 Å². The highest BCUT2D eigenvalue weighted by Gasteiger charge is 2.31. The average Bonchev–Trinajstić information content (AvgIpc) is 2.67. The Kier molecular flexibility index (Phi) is 8.82. The summed E-state index contributed by atoms with van der Waals surface area (Å²) in [6.45, 7) is 5.09. The van der Waals surface area contributed by atoms with Crippen molar-refractivity contribution >= 4 is 12.4 Å². The Morgan fingerprint density at radius 2 is 1.87 bits per heavy atom. The van der Waals surface area contributed by atoms with Crippen molar-refractivity contribution in [3.8, 4) is 11.5 Å². The van der Waals surface area contributed by atoms with Crippen LogP contribution in [0, 0.1) is 0 Å². The molecule has 0 bridgehead atoms. The minimum Gasteiger partial charge on any atom is -0.491 e. The van der Waals surface area contributed by atoms with E-state index in [2.05, 4.69) is 27.5 Å². The number of nitrogens with one attached hydrogen (secondary N) is 2. The molecule has 1 aliphatic heterocycles. The summed E-state index contributed by atoms with van der Waals surface area (Å²) in [6.07, 6.45) is -2.80. The molecular weight excluding hydrogens is 417 g/mol. The largest absolute Gasteiger partial charge is 0.573 e. The van der Waals surface area contributed by atoms with Gasteiger partial charge in [0.1, 0.15) is 11.5 Å². The van der Waals surface area contributed by atoms with Gasteiger partial charge in [-0.3, -0.25) is 0 Å². The number of piperidine rings is 1. The van der Waals surface area contributed by atoms with E-state index < -0.39 is 6.36 Å². The first-order valence-corrected chi connectivity index (χ1v) is 9.89. The van der Waals surface area contributed by atoms with Crippen LogP contribution in [0.25, 0.3) is 0 Å². The molecule has 2 aromatic carbocycles. The van der Waals surface area contributed by atoms with Gasteiger partial charge in [0.25, 0.3) is 0 Å². The Labute approximate surface area is 181 Å². The molecule has 8 heteroatoms. The molecule has 4 nitrogen and oxygen atoms in total. The fourth-order valence-corrected chi connectivity index (χ4v) is 3.62. The van der Waals surface area contributed by atoms with E-state index in [0.29, 0.717) is 17.9 Å². The second-order valence-electron chi connectivity index (χ2n) is 7.46. The highest BCUT2D eigenvalue weighted by Crippen LogP contribution is 2.30. The molecule has 0 saturated carbocycles. The van der Waals surface area contributed by atoms with Gasteiger partial charge in [-0.25, -0.2) is 0 Å². The number of hydrogen-bond donors (Lipinski definition) is 2. The minimum absolute atomic E-state index is 0. The lowest BCUT2D eigenvalue weighted by molar-refractivity contribution is -0.274. The molecule has 0 aromatic heterocycles. The van der Waals surface area contributed by atoms with Crippen LogP contribution < -0.4 is 20.1 Å². The number of rotatable bonds is 7. The molecule has 2 N–H and O–H groups in total. The van der Waals surface area contributed by atoms with Crippen molar-refractivity contribution in [3.05, 3.63) is 59.7 Å². The molecular formula is C22H28ClF3N2O2. The van der Waals surface area contributed by atoms with Crippen LogP contribution in [0.1, 0.15) is 43.9 Å². The van der Waals surface area contributed by atoms with Gasteiger partial charge in [-0.1, -0.05) is 30.3 Å². The van der Waals surface area contributed by atoms with Crippen LogP contribution in [0.3, 0.4) is 0 Å². The molecule has 166 valence electrons. The van der Waals surface area contributed by atoms with Gasteiger partial charge < -0.3 is 20.1 Å². The normalized spacial score (nSPS) is 19.3. The van der Waals surface area contributed by atoms with Crippen LogP contribution in [-0.4, -0.2) is 25.1 Å².